The van der Waals surface area contributed by atoms with Crippen LogP contribution < -0.4 is 5.73 Å². The van der Waals surface area contributed by atoms with Gasteiger partial charge >= 0.3 is 5.97 Å². The lowest BCUT2D eigenvalue weighted by molar-refractivity contribution is -0.138. The van der Waals surface area contributed by atoms with Crippen LogP contribution in [0.1, 0.15) is 5.56 Å². The normalized spacial score (nSPS) is 11.7. The second-order valence-electron chi connectivity index (χ2n) is 2.88. The van der Waals surface area contributed by atoms with E-state index in [1.54, 1.807) is 18.2 Å². The van der Waals surface area contributed by atoms with Crippen LogP contribution in [0.15, 0.2) is 22.7 Å². The van der Waals surface area contributed by atoms with Gasteiger partial charge in [-0.1, -0.05) is 33.6 Å². The summed E-state index contributed by atoms with van der Waals surface area (Å²) in [6, 6.07) is 4.37. The third-order valence-corrected chi connectivity index (χ3v) is 2.62. The Labute approximate surface area is 107 Å². The highest BCUT2D eigenvalue weighted by molar-refractivity contribution is 9.10. The average Bonchev–Trinajstić information content (AvgIpc) is 2.09. The fraction of sp³-hybridized carbons (Fsp3) is 0.222. The second kappa shape index (κ2) is 6.33. The highest BCUT2D eigenvalue weighted by Gasteiger charge is 2.13. The van der Waals surface area contributed by atoms with E-state index in [1.165, 1.54) is 0 Å². The van der Waals surface area contributed by atoms with Gasteiger partial charge in [0.1, 0.15) is 6.04 Å². The van der Waals surface area contributed by atoms with E-state index in [0.717, 1.165) is 10.0 Å². The van der Waals surface area contributed by atoms with E-state index in [0.29, 0.717) is 5.02 Å². The molecule has 15 heavy (non-hydrogen) atoms. The minimum Gasteiger partial charge on any atom is -0.480 e. The van der Waals surface area contributed by atoms with Crippen molar-refractivity contribution in [2.45, 2.75) is 12.5 Å². The lowest BCUT2D eigenvalue weighted by Crippen LogP contribution is -2.32. The SMILES string of the molecule is Cl.NC(Cc1ccc(Br)cc1Cl)C(=O)O. The predicted molar refractivity (Wildman–Crippen MR) is 65.7 cm³/mol. The third kappa shape index (κ3) is 4.38. The number of aliphatic carboxylic acids is 1. The molecule has 0 fully saturated rings. The zero-order valence-corrected chi connectivity index (χ0v) is 10.8. The zero-order chi connectivity index (χ0) is 10.7. The van der Waals surface area contributed by atoms with E-state index >= 15 is 0 Å². The number of benzene rings is 1. The molecular weight excluding hydrogens is 305 g/mol. The summed E-state index contributed by atoms with van der Waals surface area (Å²) < 4.78 is 0.857. The average molecular weight is 315 g/mol. The molecule has 1 aromatic carbocycles. The summed E-state index contributed by atoms with van der Waals surface area (Å²) in [7, 11) is 0. The topological polar surface area (TPSA) is 63.3 Å². The highest BCUT2D eigenvalue weighted by Crippen LogP contribution is 2.22. The highest BCUT2D eigenvalue weighted by atomic mass is 79.9. The summed E-state index contributed by atoms with van der Waals surface area (Å²) in [4.78, 5) is 10.5. The molecule has 1 rings (SSSR count). The van der Waals surface area contributed by atoms with Crippen molar-refractivity contribution in [1.82, 2.24) is 0 Å². The smallest absolute Gasteiger partial charge is 0.320 e. The monoisotopic (exact) mass is 313 g/mol. The van der Waals surface area contributed by atoms with Crippen molar-refractivity contribution in [3.8, 4) is 0 Å². The van der Waals surface area contributed by atoms with Gasteiger partial charge in [-0.3, -0.25) is 4.79 Å². The van der Waals surface area contributed by atoms with Crippen LogP contribution >= 0.6 is 39.9 Å². The van der Waals surface area contributed by atoms with Crippen molar-refractivity contribution >= 4 is 45.9 Å². The van der Waals surface area contributed by atoms with Gasteiger partial charge in [-0.15, -0.1) is 12.4 Å². The van der Waals surface area contributed by atoms with E-state index < -0.39 is 12.0 Å². The third-order valence-electron chi connectivity index (χ3n) is 1.77. The molecule has 0 radical (unpaired) electrons. The zero-order valence-electron chi connectivity index (χ0n) is 7.61. The fourth-order valence-electron chi connectivity index (χ4n) is 1.01. The van der Waals surface area contributed by atoms with Crippen LogP contribution in [0.25, 0.3) is 0 Å². The van der Waals surface area contributed by atoms with Gasteiger partial charge in [0.25, 0.3) is 0 Å². The van der Waals surface area contributed by atoms with Crippen molar-refractivity contribution in [3.05, 3.63) is 33.3 Å². The summed E-state index contributed by atoms with van der Waals surface area (Å²) in [6.07, 6.45) is 0.238. The molecule has 84 valence electrons. The first-order valence-corrected chi connectivity index (χ1v) is 5.10. The molecule has 0 heterocycles. The molecule has 3 nitrogen and oxygen atoms in total. The van der Waals surface area contributed by atoms with Crippen LogP contribution in [0.4, 0.5) is 0 Å². The van der Waals surface area contributed by atoms with Crippen molar-refractivity contribution in [2.24, 2.45) is 5.73 Å². The first-order valence-electron chi connectivity index (χ1n) is 3.93. The van der Waals surface area contributed by atoms with Crippen LogP contribution in [0.3, 0.4) is 0 Å². The Morgan fingerprint density at radius 3 is 2.67 bits per heavy atom. The molecule has 0 aliphatic heterocycles. The molecular formula is C9H10BrCl2NO2. The van der Waals surface area contributed by atoms with Crippen LogP contribution in [0.2, 0.25) is 5.02 Å². The number of carbonyl (C=O) groups is 1. The lowest BCUT2D eigenvalue weighted by atomic mass is 10.1. The fourth-order valence-corrected chi connectivity index (χ4v) is 1.76. The maximum Gasteiger partial charge on any atom is 0.320 e. The first kappa shape index (κ1) is 14.7. The maximum atomic E-state index is 10.5. The molecule has 0 saturated heterocycles. The molecule has 1 unspecified atom stereocenters. The number of rotatable bonds is 3. The van der Waals surface area contributed by atoms with Gasteiger partial charge in [0, 0.05) is 9.50 Å². The molecule has 0 aromatic heterocycles. The Bertz CT molecular complexity index is 360. The minimum atomic E-state index is -1.02. The molecule has 1 atom stereocenters. The Morgan fingerprint density at radius 2 is 2.20 bits per heavy atom. The summed E-state index contributed by atoms with van der Waals surface area (Å²) in [5.41, 5.74) is 6.13. The molecule has 0 spiro atoms. The van der Waals surface area contributed by atoms with Crippen LogP contribution in [-0.2, 0) is 11.2 Å². The van der Waals surface area contributed by atoms with Gasteiger partial charge in [0.2, 0.25) is 0 Å². The summed E-state index contributed by atoms with van der Waals surface area (Å²) in [5, 5.41) is 9.14. The number of hydrogen-bond donors (Lipinski definition) is 2. The first-order chi connectivity index (χ1) is 6.50. The van der Waals surface area contributed by atoms with Crippen molar-refractivity contribution in [3.63, 3.8) is 0 Å². The number of nitrogens with two attached hydrogens (primary N) is 1. The summed E-state index contributed by atoms with van der Waals surface area (Å²) >= 11 is 9.16. The second-order valence-corrected chi connectivity index (χ2v) is 4.21. The van der Waals surface area contributed by atoms with Crippen molar-refractivity contribution in [2.75, 3.05) is 0 Å². The van der Waals surface area contributed by atoms with Crippen LogP contribution in [-0.4, -0.2) is 17.1 Å². The van der Waals surface area contributed by atoms with E-state index in [9.17, 15) is 4.79 Å². The van der Waals surface area contributed by atoms with E-state index in [1.807, 2.05) is 0 Å². The quantitative estimate of drug-likeness (QED) is 0.901. The van der Waals surface area contributed by atoms with Crippen LogP contribution in [0.5, 0.6) is 0 Å². The Morgan fingerprint density at radius 1 is 1.60 bits per heavy atom. The van der Waals surface area contributed by atoms with E-state index in [4.69, 9.17) is 22.4 Å². The maximum absolute atomic E-state index is 10.5. The number of carboxylic acid groups (broad SMARTS) is 1. The summed E-state index contributed by atoms with van der Waals surface area (Å²) in [6.45, 7) is 0. The van der Waals surface area contributed by atoms with Gasteiger partial charge < -0.3 is 10.8 Å². The number of carboxylic acids is 1. The minimum absolute atomic E-state index is 0. The Kier molecular flexibility index (Phi) is 6.20. The lowest BCUT2D eigenvalue weighted by Gasteiger charge is -2.08. The van der Waals surface area contributed by atoms with Gasteiger partial charge in [0.05, 0.1) is 0 Å². The molecule has 3 N–H and O–H groups in total. The molecule has 0 aliphatic carbocycles. The number of hydrogen-bond acceptors (Lipinski definition) is 2. The number of halogens is 3. The molecule has 0 bridgehead atoms. The van der Waals surface area contributed by atoms with Gasteiger partial charge in [-0.05, 0) is 24.1 Å². The standard InChI is InChI=1S/C9H9BrClNO2.ClH/c10-6-2-1-5(7(11)4-6)3-8(12)9(13)14;/h1-2,4,8H,3,12H2,(H,13,14);1H. The van der Waals surface area contributed by atoms with Crippen molar-refractivity contribution < 1.29 is 9.90 Å². The van der Waals surface area contributed by atoms with Crippen molar-refractivity contribution in [1.29, 1.82) is 0 Å². The Hall–Kier alpha value is -0.290. The molecule has 0 amide bonds. The van der Waals surface area contributed by atoms with E-state index in [-0.39, 0.29) is 18.8 Å². The molecule has 0 saturated carbocycles. The van der Waals surface area contributed by atoms with E-state index in [2.05, 4.69) is 15.9 Å². The summed E-state index contributed by atoms with van der Waals surface area (Å²) in [5.74, 6) is -1.02. The largest absolute Gasteiger partial charge is 0.480 e. The van der Waals surface area contributed by atoms with Crippen LogP contribution in [0, 0.1) is 0 Å². The van der Waals surface area contributed by atoms with Gasteiger partial charge in [0.15, 0.2) is 0 Å². The van der Waals surface area contributed by atoms with Gasteiger partial charge in [-0.2, -0.15) is 0 Å². The van der Waals surface area contributed by atoms with Gasteiger partial charge in [-0.25, -0.2) is 0 Å². The molecule has 0 aliphatic rings. The predicted octanol–water partition coefficient (Wildman–Crippen LogP) is 2.48. The Balaban J connectivity index is 0.00000196. The molecule has 6 heteroatoms. The molecule has 1 aromatic rings.